The number of benzene rings is 1. The summed E-state index contributed by atoms with van der Waals surface area (Å²) in [5.41, 5.74) is 2.62. The molecule has 1 rings (SSSR count). The highest BCUT2D eigenvalue weighted by Crippen LogP contribution is 2.32. The first-order valence-electron chi connectivity index (χ1n) is 8.16. The molecule has 2 heteroatoms. The van der Waals surface area contributed by atoms with Gasteiger partial charge in [0.05, 0.1) is 6.61 Å². The van der Waals surface area contributed by atoms with Gasteiger partial charge in [-0.15, -0.1) is 0 Å². The zero-order valence-corrected chi connectivity index (χ0v) is 14.3. The predicted octanol–water partition coefficient (Wildman–Crippen LogP) is 5.07. The highest BCUT2D eigenvalue weighted by molar-refractivity contribution is 5.78. The maximum absolute atomic E-state index is 11.6. The SMILES string of the molecule is CCCC(=O)CCCc1ccc(OCC)c(C(C)(C)C)c1. The molecule has 0 aliphatic rings. The Labute approximate surface area is 129 Å². The number of ether oxygens (including phenoxy) is 1. The van der Waals surface area contributed by atoms with Crippen LogP contribution in [0.4, 0.5) is 0 Å². The van der Waals surface area contributed by atoms with Crippen molar-refractivity contribution in [3.63, 3.8) is 0 Å². The van der Waals surface area contributed by atoms with Crippen molar-refractivity contribution in [2.24, 2.45) is 0 Å². The molecular weight excluding hydrogens is 260 g/mol. The minimum Gasteiger partial charge on any atom is -0.494 e. The molecule has 1 aromatic carbocycles. The number of Topliss-reactive ketones (excluding diaryl/α,β-unsaturated/α-hetero) is 1. The number of hydrogen-bond acceptors (Lipinski definition) is 2. The monoisotopic (exact) mass is 290 g/mol. The second-order valence-electron chi connectivity index (χ2n) is 6.66. The first-order chi connectivity index (χ1) is 9.88. The Bertz CT molecular complexity index is 455. The van der Waals surface area contributed by atoms with Gasteiger partial charge in [0.2, 0.25) is 0 Å². The van der Waals surface area contributed by atoms with Gasteiger partial charge >= 0.3 is 0 Å². The normalized spacial score (nSPS) is 11.5. The van der Waals surface area contributed by atoms with Crippen LogP contribution in [-0.4, -0.2) is 12.4 Å². The summed E-state index contributed by atoms with van der Waals surface area (Å²) in [6, 6.07) is 6.45. The van der Waals surface area contributed by atoms with Gasteiger partial charge in [0.1, 0.15) is 11.5 Å². The van der Waals surface area contributed by atoms with Crippen LogP contribution in [0.3, 0.4) is 0 Å². The van der Waals surface area contributed by atoms with Crippen molar-refractivity contribution in [1.29, 1.82) is 0 Å². The molecule has 0 atom stereocenters. The van der Waals surface area contributed by atoms with Crippen LogP contribution in [0.25, 0.3) is 0 Å². The van der Waals surface area contributed by atoms with Crippen LogP contribution in [0.2, 0.25) is 0 Å². The lowest BCUT2D eigenvalue weighted by atomic mass is 9.85. The van der Waals surface area contributed by atoms with Crippen LogP contribution in [0.1, 0.15) is 71.4 Å². The molecule has 0 unspecified atom stereocenters. The van der Waals surface area contributed by atoms with E-state index < -0.39 is 0 Å². The molecule has 0 saturated carbocycles. The van der Waals surface area contributed by atoms with E-state index in [1.165, 1.54) is 11.1 Å². The Kier molecular flexibility index (Phi) is 6.94. The molecule has 0 saturated heterocycles. The second kappa shape index (κ2) is 8.21. The summed E-state index contributed by atoms with van der Waals surface area (Å²) in [4.78, 5) is 11.6. The van der Waals surface area contributed by atoms with E-state index in [9.17, 15) is 4.79 Å². The molecule has 0 N–H and O–H groups in total. The highest BCUT2D eigenvalue weighted by Gasteiger charge is 2.19. The zero-order valence-electron chi connectivity index (χ0n) is 14.3. The first kappa shape index (κ1) is 17.7. The topological polar surface area (TPSA) is 26.3 Å². The number of carbonyl (C=O) groups excluding carboxylic acids is 1. The summed E-state index contributed by atoms with van der Waals surface area (Å²) in [5, 5.41) is 0. The van der Waals surface area contributed by atoms with E-state index in [0.29, 0.717) is 18.8 Å². The van der Waals surface area contributed by atoms with Gasteiger partial charge in [0.15, 0.2) is 0 Å². The number of aryl methyl sites for hydroxylation is 1. The van der Waals surface area contributed by atoms with Crippen LogP contribution in [0.5, 0.6) is 5.75 Å². The smallest absolute Gasteiger partial charge is 0.132 e. The molecule has 0 aliphatic carbocycles. The summed E-state index contributed by atoms with van der Waals surface area (Å²) >= 11 is 0. The summed E-state index contributed by atoms with van der Waals surface area (Å²) in [6.45, 7) is 11.4. The van der Waals surface area contributed by atoms with Gasteiger partial charge in [-0.3, -0.25) is 4.79 Å². The third-order valence-electron chi connectivity index (χ3n) is 3.60. The third-order valence-corrected chi connectivity index (χ3v) is 3.60. The van der Waals surface area contributed by atoms with Crippen LogP contribution in [-0.2, 0) is 16.6 Å². The van der Waals surface area contributed by atoms with Crippen LogP contribution in [0, 0.1) is 0 Å². The lowest BCUT2D eigenvalue weighted by molar-refractivity contribution is -0.119. The van der Waals surface area contributed by atoms with E-state index in [-0.39, 0.29) is 5.41 Å². The van der Waals surface area contributed by atoms with Gasteiger partial charge in [-0.1, -0.05) is 39.8 Å². The molecule has 0 spiro atoms. The zero-order chi connectivity index (χ0) is 15.9. The maximum atomic E-state index is 11.6. The molecule has 1 aromatic rings. The van der Waals surface area contributed by atoms with E-state index in [0.717, 1.165) is 31.4 Å². The Morgan fingerprint density at radius 1 is 1.14 bits per heavy atom. The van der Waals surface area contributed by atoms with Crippen molar-refractivity contribution in [2.45, 2.75) is 72.1 Å². The molecule has 21 heavy (non-hydrogen) atoms. The Balaban J connectivity index is 2.74. The molecule has 2 nitrogen and oxygen atoms in total. The van der Waals surface area contributed by atoms with Crippen LogP contribution in [0.15, 0.2) is 18.2 Å². The van der Waals surface area contributed by atoms with Gasteiger partial charge in [-0.05, 0) is 48.8 Å². The molecule has 0 aromatic heterocycles. The van der Waals surface area contributed by atoms with E-state index in [4.69, 9.17) is 4.74 Å². The van der Waals surface area contributed by atoms with E-state index >= 15 is 0 Å². The van der Waals surface area contributed by atoms with E-state index in [1.807, 2.05) is 6.92 Å². The quantitative estimate of drug-likeness (QED) is 0.667. The molecule has 0 aliphatic heterocycles. The van der Waals surface area contributed by atoms with Gasteiger partial charge in [-0.25, -0.2) is 0 Å². The van der Waals surface area contributed by atoms with Crippen LogP contribution >= 0.6 is 0 Å². The maximum Gasteiger partial charge on any atom is 0.132 e. The third kappa shape index (κ3) is 5.91. The van der Waals surface area contributed by atoms with Crippen molar-refractivity contribution >= 4 is 5.78 Å². The van der Waals surface area contributed by atoms with Crippen molar-refractivity contribution in [3.05, 3.63) is 29.3 Å². The molecule has 0 amide bonds. The summed E-state index contributed by atoms with van der Waals surface area (Å²) < 4.78 is 5.74. The number of ketones is 1. The lowest BCUT2D eigenvalue weighted by Gasteiger charge is -2.23. The van der Waals surface area contributed by atoms with Crippen molar-refractivity contribution in [2.75, 3.05) is 6.61 Å². The molecule has 118 valence electrons. The van der Waals surface area contributed by atoms with Crippen molar-refractivity contribution in [3.8, 4) is 5.75 Å². The largest absolute Gasteiger partial charge is 0.494 e. The van der Waals surface area contributed by atoms with Gasteiger partial charge in [-0.2, -0.15) is 0 Å². The molecule has 0 heterocycles. The molecule has 0 radical (unpaired) electrons. The van der Waals surface area contributed by atoms with Crippen LogP contribution < -0.4 is 4.74 Å². The lowest BCUT2D eigenvalue weighted by Crippen LogP contribution is -2.14. The fourth-order valence-electron chi connectivity index (χ4n) is 2.49. The summed E-state index contributed by atoms with van der Waals surface area (Å²) in [7, 11) is 0. The van der Waals surface area contributed by atoms with Crippen molar-refractivity contribution in [1.82, 2.24) is 0 Å². The number of hydrogen-bond donors (Lipinski definition) is 0. The average molecular weight is 290 g/mol. The molecule has 0 fully saturated rings. The van der Waals surface area contributed by atoms with Gasteiger partial charge in [0.25, 0.3) is 0 Å². The standard InChI is InChI=1S/C19H30O2/c1-6-9-16(20)11-8-10-15-12-13-18(21-7-2)17(14-15)19(3,4)5/h12-14H,6-11H2,1-5H3. The minimum absolute atomic E-state index is 0.0680. The summed E-state index contributed by atoms with van der Waals surface area (Å²) in [5.74, 6) is 1.37. The van der Waals surface area contributed by atoms with Gasteiger partial charge < -0.3 is 4.74 Å². The van der Waals surface area contributed by atoms with Crippen molar-refractivity contribution < 1.29 is 9.53 Å². The number of carbonyl (C=O) groups is 1. The second-order valence-corrected chi connectivity index (χ2v) is 6.66. The summed E-state index contributed by atoms with van der Waals surface area (Å²) in [6.07, 6.45) is 4.28. The predicted molar refractivity (Wildman–Crippen MR) is 89.2 cm³/mol. The van der Waals surface area contributed by atoms with E-state index in [2.05, 4.69) is 45.9 Å². The Morgan fingerprint density at radius 2 is 1.86 bits per heavy atom. The average Bonchev–Trinajstić information content (AvgIpc) is 2.39. The highest BCUT2D eigenvalue weighted by atomic mass is 16.5. The first-order valence-corrected chi connectivity index (χ1v) is 8.16. The minimum atomic E-state index is 0.0680. The fourth-order valence-corrected chi connectivity index (χ4v) is 2.49. The molecule has 0 bridgehead atoms. The van der Waals surface area contributed by atoms with E-state index in [1.54, 1.807) is 0 Å². The Hall–Kier alpha value is -1.31. The molecular formula is C19H30O2. The fraction of sp³-hybridized carbons (Fsp3) is 0.632. The Morgan fingerprint density at radius 3 is 2.43 bits per heavy atom. The van der Waals surface area contributed by atoms with Gasteiger partial charge in [0, 0.05) is 12.8 Å². The number of rotatable bonds is 8.